The third-order valence-corrected chi connectivity index (χ3v) is 6.29. The molecule has 0 unspecified atom stereocenters. The molecule has 1 aliphatic rings. The van der Waals surface area contributed by atoms with Crippen molar-refractivity contribution < 1.29 is 9.47 Å². The Morgan fingerprint density at radius 2 is 1.86 bits per heavy atom. The van der Waals surface area contributed by atoms with Crippen LogP contribution in [-0.2, 0) is 13.2 Å². The fourth-order valence-corrected chi connectivity index (χ4v) is 4.33. The van der Waals surface area contributed by atoms with Crippen molar-refractivity contribution in [3.8, 4) is 11.5 Å². The Labute approximate surface area is 188 Å². The number of hydrogen-bond donors (Lipinski definition) is 1. The van der Waals surface area contributed by atoms with E-state index in [0.717, 1.165) is 30.8 Å². The summed E-state index contributed by atoms with van der Waals surface area (Å²) in [6, 6.07) is 9.91. The van der Waals surface area contributed by atoms with Crippen LogP contribution in [0.15, 0.2) is 30.3 Å². The van der Waals surface area contributed by atoms with E-state index < -0.39 is 0 Å². The molecule has 3 rings (SSSR count). The second kappa shape index (κ2) is 10.7. The molecule has 29 heavy (non-hydrogen) atoms. The lowest BCUT2D eigenvalue weighted by Gasteiger charge is -2.23. The van der Waals surface area contributed by atoms with Gasteiger partial charge in [0, 0.05) is 19.1 Å². The zero-order valence-corrected chi connectivity index (χ0v) is 19.1. The number of halogens is 3. The Hall–Kier alpha value is -1.17. The summed E-state index contributed by atoms with van der Waals surface area (Å²) < 4.78 is 11.4. The van der Waals surface area contributed by atoms with Crippen molar-refractivity contribution in [3.63, 3.8) is 0 Å². The van der Waals surface area contributed by atoms with Crippen LogP contribution in [0, 0.1) is 0 Å². The molecule has 0 spiro atoms. The minimum absolute atomic E-state index is 0.319. The summed E-state index contributed by atoms with van der Waals surface area (Å²) in [4.78, 5) is 2.53. The maximum atomic E-state index is 6.50. The fourth-order valence-electron chi connectivity index (χ4n) is 3.73. The Balaban J connectivity index is 1.61. The molecule has 0 aliphatic carbocycles. The lowest BCUT2D eigenvalue weighted by molar-refractivity contribution is 0.260. The molecule has 2 aromatic carbocycles. The van der Waals surface area contributed by atoms with Crippen molar-refractivity contribution in [1.29, 1.82) is 0 Å². The van der Waals surface area contributed by atoms with Crippen LogP contribution in [-0.4, -0.2) is 37.7 Å². The zero-order valence-electron chi connectivity index (χ0n) is 16.8. The normalized spacial score (nSPS) is 16.9. The van der Waals surface area contributed by atoms with Gasteiger partial charge < -0.3 is 14.8 Å². The number of ether oxygens (including phenoxy) is 2. The number of benzene rings is 2. The molecule has 0 aromatic heterocycles. The van der Waals surface area contributed by atoms with Crippen LogP contribution < -0.4 is 14.8 Å². The van der Waals surface area contributed by atoms with E-state index >= 15 is 0 Å². The van der Waals surface area contributed by atoms with Gasteiger partial charge in [-0.25, -0.2) is 0 Å². The fraction of sp³-hybridized carbons (Fsp3) is 0.455. The first-order valence-electron chi connectivity index (χ1n) is 9.89. The number of methoxy groups -OCH3 is 1. The maximum absolute atomic E-state index is 6.50. The number of hydrogen-bond acceptors (Lipinski definition) is 4. The van der Waals surface area contributed by atoms with Gasteiger partial charge in [0.2, 0.25) is 0 Å². The molecule has 0 saturated carbocycles. The summed E-state index contributed by atoms with van der Waals surface area (Å²) >= 11 is 18.5. The Morgan fingerprint density at radius 1 is 1.07 bits per heavy atom. The molecule has 0 bridgehead atoms. The number of rotatable bonds is 9. The van der Waals surface area contributed by atoms with E-state index in [2.05, 4.69) is 17.1 Å². The smallest absolute Gasteiger partial charge is 0.180 e. The zero-order chi connectivity index (χ0) is 20.8. The van der Waals surface area contributed by atoms with Gasteiger partial charge in [-0.2, -0.15) is 0 Å². The van der Waals surface area contributed by atoms with Crippen LogP contribution >= 0.6 is 34.8 Å². The van der Waals surface area contributed by atoms with Gasteiger partial charge in [-0.1, -0.05) is 47.8 Å². The van der Waals surface area contributed by atoms with Gasteiger partial charge >= 0.3 is 0 Å². The standard InChI is InChI=1S/C22H27Cl3N2O2/c1-3-27-8-4-5-17(27)13-26-12-16-10-20(25)22(21(11-16)28-2)29-14-15-6-7-18(23)19(24)9-15/h6-7,9-11,17,26H,3-5,8,12-14H2,1-2H3/t17-/m1/s1. The van der Waals surface area contributed by atoms with Crippen LogP contribution in [0.2, 0.25) is 15.1 Å². The van der Waals surface area contributed by atoms with Crippen LogP contribution in [0.25, 0.3) is 0 Å². The van der Waals surface area contributed by atoms with Crippen LogP contribution in [0.4, 0.5) is 0 Å². The van der Waals surface area contributed by atoms with E-state index in [0.29, 0.717) is 39.2 Å². The third-order valence-electron chi connectivity index (χ3n) is 5.27. The average Bonchev–Trinajstić information content (AvgIpc) is 3.17. The third kappa shape index (κ3) is 5.93. The molecule has 1 N–H and O–H groups in total. The van der Waals surface area contributed by atoms with E-state index in [4.69, 9.17) is 44.3 Å². The largest absolute Gasteiger partial charge is 0.493 e. The first-order valence-corrected chi connectivity index (χ1v) is 11.0. The predicted molar refractivity (Wildman–Crippen MR) is 121 cm³/mol. The molecular weight excluding hydrogens is 431 g/mol. The minimum atomic E-state index is 0.319. The van der Waals surface area contributed by atoms with Crippen molar-refractivity contribution in [2.24, 2.45) is 0 Å². The summed E-state index contributed by atoms with van der Waals surface area (Å²) in [5.41, 5.74) is 1.97. The summed E-state index contributed by atoms with van der Waals surface area (Å²) in [5.74, 6) is 1.14. The van der Waals surface area contributed by atoms with Crippen molar-refractivity contribution in [2.75, 3.05) is 26.7 Å². The lowest BCUT2D eigenvalue weighted by atomic mass is 10.1. The van der Waals surface area contributed by atoms with E-state index in [1.165, 1.54) is 19.4 Å². The topological polar surface area (TPSA) is 33.7 Å². The van der Waals surface area contributed by atoms with Crippen molar-refractivity contribution in [3.05, 3.63) is 56.5 Å². The van der Waals surface area contributed by atoms with Gasteiger partial charge in [-0.15, -0.1) is 0 Å². The van der Waals surface area contributed by atoms with Crippen LogP contribution in [0.1, 0.15) is 30.9 Å². The van der Waals surface area contributed by atoms with Crippen molar-refractivity contribution >= 4 is 34.8 Å². The molecule has 2 aromatic rings. The molecule has 1 fully saturated rings. The lowest BCUT2D eigenvalue weighted by Crippen LogP contribution is -2.37. The van der Waals surface area contributed by atoms with E-state index in [1.54, 1.807) is 19.2 Å². The molecule has 0 radical (unpaired) electrons. The molecular formula is C22H27Cl3N2O2. The Morgan fingerprint density at radius 3 is 2.59 bits per heavy atom. The van der Waals surface area contributed by atoms with Gasteiger partial charge in [0.05, 0.1) is 22.2 Å². The first-order chi connectivity index (χ1) is 14.0. The highest BCUT2D eigenvalue weighted by molar-refractivity contribution is 6.42. The average molecular weight is 458 g/mol. The van der Waals surface area contributed by atoms with E-state index in [-0.39, 0.29) is 0 Å². The maximum Gasteiger partial charge on any atom is 0.180 e. The number of likely N-dealkylation sites (tertiary alicyclic amines) is 1. The van der Waals surface area contributed by atoms with Crippen LogP contribution in [0.3, 0.4) is 0 Å². The molecule has 1 aliphatic heterocycles. The number of likely N-dealkylation sites (N-methyl/N-ethyl adjacent to an activating group) is 1. The quantitative estimate of drug-likeness (QED) is 0.515. The first kappa shape index (κ1) is 22.5. The molecule has 158 valence electrons. The molecule has 1 saturated heterocycles. The van der Waals surface area contributed by atoms with Gasteiger partial charge in [-0.05, 0) is 61.3 Å². The van der Waals surface area contributed by atoms with E-state index in [1.807, 2.05) is 18.2 Å². The van der Waals surface area contributed by atoms with E-state index in [9.17, 15) is 0 Å². The van der Waals surface area contributed by atoms with Crippen molar-refractivity contribution in [2.45, 2.75) is 39.0 Å². The SMILES string of the molecule is CCN1CCC[C@@H]1CNCc1cc(Cl)c(OCc2ccc(Cl)c(Cl)c2)c(OC)c1. The minimum Gasteiger partial charge on any atom is -0.493 e. The molecule has 0 amide bonds. The highest BCUT2D eigenvalue weighted by Crippen LogP contribution is 2.37. The Bertz CT molecular complexity index is 832. The highest BCUT2D eigenvalue weighted by atomic mass is 35.5. The van der Waals surface area contributed by atoms with Gasteiger partial charge in [0.25, 0.3) is 0 Å². The molecule has 4 nitrogen and oxygen atoms in total. The molecule has 7 heteroatoms. The number of nitrogens with zero attached hydrogens (tertiary/aromatic N) is 1. The molecule has 1 heterocycles. The monoisotopic (exact) mass is 456 g/mol. The summed E-state index contributed by atoms with van der Waals surface area (Å²) in [5, 5.41) is 5.09. The highest BCUT2D eigenvalue weighted by Gasteiger charge is 2.22. The van der Waals surface area contributed by atoms with Gasteiger partial charge in [0.1, 0.15) is 6.61 Å². The second-order valence-electron chi connectivity index (χ2n) is 7.20. The van der Waals surface area contributed by atoms with Crippen LogP contribution in [0.5, 0.6) is 11.5 Å². The Kier molecular flexibility index (Phi) is 8.34. The second-order valence-corrected chi connectivity index (χ2v) is 8.42. The van der Waals surface area contributed by atoms with Gasteiger partial charge in [0.15, 0.2) is 11.5 Å². The summed E-state index contributed by atoms with van der Waals surface area (Å²) in [7, 11) is 1.62. The molecule has 1 atom stereocenters. The number of nitrogens with one attached hydrogen (secondary N) is 1. The van der Waals surface area contributed by atoms with Gasteiger partial charge in [-0.3, -0.25) is 4.90 Å². The summed E-state index contributed by atoms with van der Waals surface area (Å²) in [6.45, 7) is 6.56. The van der Waals surface area contributed by atoms with Crippen molar-refractivity contribution in [1.82, 2.24) is 10.2 Å². The summed E-state index contributed by atoms with van der Waals surface area (Å²) in [6.07, 6.45) is 2.54. The predicted octanol–water partition coefficient (Wildman–Crippen LogP) is 5.81.